The molecule has 15 heavy (non-hydrogen) atoms. The Bertz CT molecular complexity index is 688. The smallest absolute Gasteiger partial charge is 0.135 e. The highest BCUT2D eigenvalue weighted by atomic mass is 16.3. The third-order valence-corrected chi connectivity index (χ3v) is 2.56. The van der Waals surface area contributed by atoms with Crippen LogP contribution in [-0.2, 0) is 0 Å². The number of benzene rings is 2. The highest BCUT2D eigenvalue weighted by Crippen LogP contribution is 2.26. The van der Waals surface area contributed by atoms with Crippen LogP contribution in [0.15, 0.2) is 47.1 Å². The van der Waals surface area contributed by atoms with Crippen LogP contribution in [0.2, 0.25) is 0 Å². The Labute approximate surface area is 86.3 Å². The molecule has 0 fully saturated rings. The van der Waals surface area contributed by atoms with Gasteiger partial charge in [-0.15, -0.1) is 0 Å². The van der Waals surface area contributed by atoms with Gasteiger partial charge in [0, 0.05) is 5.39 Å². The lowest BCUT2D eigenvalue weighted by Crippen LogP contribution is -1.73. The number of hydrogen-bond acceptors (Lipinski definition) is 2. The Morgan fingerprint density at radius 2 is 1.80 bits per heavy atom. The van der Waals surface area contributed by atoms with Crippen molar-refractivity contribution in [3.8, 4) is 6.07 Å². The largest absolute Gasteiger partial charge is 0.463 e. The fraction of sp³-hybridized carbons (Fsp3) is 0. The Kier molecular flexibility index (Phi) is 1.54. The molecule has 0 radical (unpaired) electrons. The highest BCUT2D eigenvalue weighted by molar-refractivity contribution is 5.98. The molecule has 3 rings (SSSR count). The first-order valence-corrected chi connectivity index (χ1v) is 4.68. The molecule has 0 spiro atoms. The van der Waals surface area contributed by atoms with Gasteiger partial charge in [-0.2, -0.15) is 5.26 Å². The first kappa shape index (κ1) is 8.07. The van der Waals surface area contributed by atoms with E-state index >= 15 is 0 Å². The molecule has 2 heteroatoms. The summed E-state index contributed by atoms with van der Waals surface area (Å²) in [5, 5.41) is 12.0. The number of fused-ring (bicyclic) bond motifs is 2. The van der Waals surface area contributed by atoms with Crippen LogP contribution in [0.4, 0.5) is 0 Å². The summed E-state index contributed by atoms with van der Waals surface area (Å²) in [5.41, 5.74) is 1.36. The van der Waals surface area contributed by atoms with Gasteiger partial charge in [0.25, 0.3) is 0 Å². The molecule has 0 amide bonds. The normalized spacial score (nSPS) is 10.6. The predicted molar refractivity (Wildman–Crippen MR) is 58.4 cm³/mol. The standard InChI is InChI=1S/C13H7NO/c14-7-11-8-15-13-6-10-4-2-1-3-9(10)5-12(11)13/h1-6,8H. The SMILES string of the molecule is N#Cc1coc2cc3ccccc3cc12. The number of hydrogen-bond donors (Lipinski definition) is 0. The molecule has 0 atom stereocenters. The number of nitrogens with zero attached hydrogens (tertiary/aromatic N) is 1. The fourth-order valence-electron chi connectivity index (χ4n) is 1.80. The minimum atomic E-state index is 0.593. The molecule has 0 N–H and O–H groups in total. The Morgan fingerprint density at radius 3 is 2.53 bits per heavy atom. The fourth-order valence-corrected chi connectivity index (χ4v) is 1.80. The van der Waals surface area contributed by atoms with Crippen molar-refractivity contribution in [3.05, 3.63) is 48.2 Å². The molecular weight excluding hydrogens is 186 g/mol. The van der Waals surface area contributed by atoms with Crippen LogP contribution in [0, 0.1) is 11.3 Å². The molecule has 70 valence electrons. The molecule has 0 aliphatic carbocycles. The van der Waals surface area contributed by atoms with Crippen molar-refractivity contribution >= 4 is 21.7 Å². The molecule has 0 bridgehead atoms. The molecule has 3 aromatic rings. The van der Waals surface area contributed by atoms with Gasteiger partial charge in [-0.3, -0.25) is 0 Å². The summed E-state index contributed by atoms with van der Waals surface area (Å²) in [6, 6.07) is 14.1. The van der Waals surface area contributed by atoms with Gasteiger partial charge in [-0.1, -0.05) is 24.3 Å². The van der Waals surface area contributed by atoms with E-state index in [4.69, 9.17) is 9.68 Å². The summed E-state index contributed by atoms with van der Waals surface area (Å²) in [6.07, 6.45) is 1.50. The lowest BCUT2D eigenvalue weighted by atomic mass is 10.1. The van der Waals surface area contributed by atoms with Crippen molar-refractivity contribution in [1.29, 1.82) is 5.26 Å². The minimum absolute atomic E-state index is 0.593. The second-order valence-corrected chi connectivity index (χ2v) is 3.46. The van der Waals surface area contributed by atoms with Gasteiger partial charge in [0.2, 0.25) is 0 Å². The molecule has 2 aromatic carbocycles. The second kappa shape index (κ2) is 2.86. The lowest BCUT2D eigenvalue weighted by molar-refractivity contribution is 0.615. The zero-order chi connectivity index (χ0) is 10.3. The van der Waals surface area contributed by atoms with Gasteiger partial charge in [0.15, 0.2) is 0 Å². The first-order chi connectivity index (χ1) is 7.38. The molecule has 1 heterocycles. The van der Waals surface area contributed by atoms with Gasteiger partial charge < -0.3 is 4.42 Å². The zero-order valence-corrected chi connectivity index (χ0v) is 7.90. The minimum Gasteiger partial charge on any atom is -0.463 e. The van der Waals surface area contributed by atoms with E-state index in [1.807, 2.05) is 36.4 Å². The third-order valence-electron chi connectivity index (χ3n) is 2.56. The first-order valence-electron chi connectivity index (χ1n) is 4.68. The maximum absolute atomic E-state index is 8.89. The molecule has 0 aliphatic heterocycles. The molecule has 2 nitrogen and oxygen atoms in total. The van der Waals surface area contributed by atoms with Crippen LogP contribution in [-0.4, -0.2) is 0 Å². The number of nitriles is 1. The summed E-state index contributed by atoms with van der Waals surface area (Å²) in [4.78, 5) is 0. The van der Waals surface area contributed by atoms with Gasteiger partial charge in [-0.05, 0) is 22.9 Å². The van der Waals surface area contributed by atoms with Crippen LogP contribution in [0.3, 0.4) is 0 Å². The number of rotatable bonds is 0. The van der Waals surface area contributed by atoms with Crippen LogP contribution in [0.5, 0.6) is 0 Å². The van der Waals surface area contributed by atoms with Crippen molar-refractivity contribution in [2.24, 2.45) is 0 Å². The Balaban J connectivity index is 2.51. The van der Waals surface area contributed by atoms with Crippen molar-refractivity contribution in [2.45, 2.75) is 0 Å². The number of furan rings is 1. The Hall–Kier alpha value is -2.27. The van der Waals surface area contributed by atoms with Crippen molar-refractivity contribution in [1.82, 2.24) is 0 Å². The summed E-state index contributed by atoms with van der Waals surface area (Å²) in [7, 11) is 0. The van der Waals surface area contributed by atoms with E-state index in [2.05, 4.69) is 6.07 Å². The van der Waals surface area contributed by atoms with Gasteiger partial charge in [0.1, 0.15) is 17.9 Å². The van der Waals surface area contributed by atoms with Crippen molar-refractivity contribution in [3.63, 3.8) is 0 Å². The van der Waals surface area contributed by atoms with E-state index in [0.717, 1.165) is 21.7 Å². The van der Waals surface area contributed by atoms with Gasteiger partial charge in [0.05, 0.1) is 5.56 Å². The van der Waals surface area contributed by atoms with Crippen LogP contribution < -0.4 is 0 Å². The molecular formula is C13H7NO. The molecule has 0 aliphatic rings. The zero-order valence-electron chi connectivity index (χ0n) is 7.90. The van der Waals surface area contributed by atoms with Crippen molar-refractivity contribution < 1.29 is 4.42 Å². The maximum Gasteiger partial charge on any atom is 0.135 e. The monoisotopic (exact) mass is 193 g/mol. The lowest BCUT2D eigenvalue weighted by Gasteiger charge is -1.96. The molecule has 1 aromatic heterocycles. The topological polar surface area (TPSA) is 36.9 Å². The van der Waals surface area contributed by atoms with Crippen LogP contribution in [0.1, 0.15) is 5.56 Å². The highest BCUT2D eigenvalue weighted by Gasteiger charge is 2.05. The summed E-state index contributed by atoms with van der Waals surface area (Å²) < 4.78 is 5.33. The van der Waals surface area contributed by atoms with E-state index in [-0.39, 0.29) is 0 Å². The molecule has 0 saturated carbocycles. The third kappa shape index (κ3) is 1.10. The van der Waals surface area contributed by atoms with E-state index in [0.29, 0.717) is 5.56 Å². The summed E-state index contributed by atoms with van der Waals surface area (Å²) >= 11 is 0. The predicted octanol–water partition coefficient (Wildman–Crippen LogP) is 3.46. The van der Waals surface area contributed by atoms with E-state index in [1.165, 1.54) is 6.26 Å². The van der Waals surface area contributed by atoms with Crippen LogP contribution >= 0.6 is 0 Å². The van der Waals surface area contributed by atoms with E-state index in [9.17, 15) is 0 Å². The average molecular weight is 193 g/mol. The van der Waals surface area contributed by atoms with Crippen LogP contribution in [0.25, 0.3) is 21.7 Å². The summed E-state index contributed by atoms with van der Waals surface area (Å²) in [5.74, 6) is 0. The Morgan fingerprint density at radius 1 is 1.07 bits per heavy atom. The molecule has 0 unspecified atom stereocenters. The summed E-state index contributed by atoms with van der Waals surface area (Å²) in [6.45, 7) is 0. The average Bonchev–Trinajstić information content (AvgIpc) is 2.68. The van der Waals surface area contributed by atoms with Crippen molar-refractivity contribution in [2.75, 3.05) is 0 Å². The molecule has 0 saturated heterocycles. The van der Waals surface area contributed by atoms with Gasteiger partial charge >= 0.3 is 0 Å². The van der Waals surface area contributed by atoms with E-state index < -0.39 is 0 Å². The maximum atomic E-state index is 8.89. The van der Waals surface area contributed by atoms with E-state index in [1.54, 1.807) is 0 Å². The second-order valence-electron chi connectivity index (χ2n) is 3.46. The quantitative estimate of drug-likeness (QED) is 0.548. The van der Waals surface area contributed by atoms with Gasteiger partial charge in [-0.25, -0.2) is 0 Å².